The zero-order chi connectivity index (χ0) is 27.0. The highest BCUT2D eigenvalue weighted by Crippen LogP contribution is 2.32. The molecule has 13 heteroatoms. The van der Waals surface area contributed by atoms with Gasteiger partial charge in [0, 0.05) is 36.8 Å². The molecule has 196 valence electrons. The van der Waals surface area contributed by atoms with Crippen molar-refractivity contribution in [3.05, 3.63) is 71.0 Å². The Kier molecular flexibility index (Phi) is 6.98. The molecular formula is C24H20F6N4O3. The van der Waals surface area contributed by atoms with E-state index in [1.54, 1.807) is 6.92 Å². The summed E-state index contributed by atoms with van der Waals surface area (Å²) in [4.78, 5) is 32.6. The summed E-state index contributed by atoms with van der Waals surface area (Å²) in [5, 5.41) is 3.69. The van der Waals surface area contributed by atoms with E-state index in [9.17, 15) is 35.9 Å². The molecule has 1 atom stereocenters. The number of benzene rings is 2. The average molecular weight is 526 g/mol. The summed E-state index contributed by atoms with van der Waals surface area (Å²) in [7, 11) is 0. The van der Waals surface area contributed by atoms with Crippen LogP contribution < -0.4 is 0 Å². The molecule has 2 aromatic carbocycles. The normalized spacial score (nSPS) is 16.7. The van der Waals surface area contributed by atoms with Crippen LogP contribution in [0.5, 0.6) is 0 Å². The highest BCUT2D eigenvalue weighted by Gasteiger charge is 2.33. The molecule has 1 aliphatic rings. The maximum Gasteiger partial charge on any atom is 0.416 e. The van der Waals surface area contributed by atoms with Gasteiger partial charge in [-0.2, -0.15) is 31.3 Å². The van der Waals surface area contributed by atoms with Crippen LogP contribution in [0.4, 0.5) is 26.3 Å². The second kappa shape index (κ2) is 9.87. The van der Waals surface area contributed by atoms with E-state index in [2.05, 4.69) is 10.1 Å². The molecule has 0 aliphatic carbocycles. The molecule has 4 rings (SSSR count). The molecule has 1 fully saturated rings. The SMILES string of the molecule is CC1CN(C(=O)Cc2noc(-c3cccc(C(F)(F)F)c3)n2)CCN1C(=O)c1ccc(C(F)(F)F)cc1. The number of carbonyl (C=O) groups excluding carboxylic acids is 2. The van der Waals surface area contributed by atoms with Crippen LogP contribution in [0.2, 0.25) is 0 Å². The number of nitrogens with zero attached hydrogens (tertiary/aromatic N) is 4. The van der Waals surface area contributed by atoms with E-state index >= 15 is 0 Å². The highest BCUT2D eigenvalue weighted by atomic mass is 19.4. The van der Waals surface area contributed by atoms with Crippen molar-refractivity contribution in [3.63, 3.8) is 0 Å². The molecule has 1 aromatic heterocycles. The highest BCUT2D eigenvalue weighted by molar-refractivity contribution is 5.94. The van der Waals surface area contributed by atoms with Gasteiger partial charge in [0.1, 0.15) is 0 Å². The number of piperazine rings is 1. The Labute approximate surface area is 206 Å². The van der Waals surface area contributed by atoms with Crippen LogP contribution in [0, 0.1) is 0 Å². The van der Waals surface area contributed by atoms with Gasteiger partial charge < -0.3 is 14.3 Å². The van der Waals surface area contributed by atoms with E-state index in [1.807, 2.05) is 0 Å². The van der Waals surface area contributed by atoms with Crippen molar-refractivity contribution >= 4 is 11.8 Å². The lowest BCUT2D eigenvalue weighted by atomic mass is 10.1. The van der Waals surface area contributed by atoms with Crippen molar-refractivity contribution in [1.29, 1.82) is 0 Å². The lowest BCUT2D eigenvalue weighted by Gasteiger charge is -2.40. The molecule has 2 heterocycles. The van der Waals surface area contributed by atoms with Crippen LogP contribution in [-0.4, -0.2) is 57.4 Å². The fraction of sp³-hybridized carbons (Fsp3) is 0.333. The van der Waals surface area contributed by atoms with E-state index in [4.69, 9.17) is 4.52 Å². The van der Waals surface area contributed by atoms with Gasteiger partial charge >= 0.3 is 12.4 Å². The van der Waals surface area contributed by atoms with Gasteiger partial charge in [-0.1, -0.05) is 11.2 Å². The number of amides is 2. The third-order valence-corrected chi connectivity index (χ3v) is 5.91. The van der Waals surface area contributed by atoms with Gasteiger partial charge in [0.05, 0.1) is 17.5 Å². The number of carbonyl (C=O) groups is 2. The second-order valence-corrected chi connectivity index (χ2v) is 8.53. The fourth-order valence-electron chi connectivity index (χ4n) is 3.97. The van der Waals surface area contributed by atoms with Crippen LogP contribution in [0.15, 0.2) is 53.1 Å². The van der Waals surface area contributed by atoms with Crippen molar-refractivity contribution in [2.24, 2.45) is 0 Å². The van der Waals surface area contributed by atoms with E-state index in [-0.39, 0.29) is 54.8 Å². The molecule has 1 unspecified atom stereocenters. The lowest BCUT2D eigenvalue weighted by Crippen LogP contribution is -2.55. The molecule has 37 heavy (non-hydrogen) atoms. The first-order valence-corrected chi connectivity index (χ1v) is 11.1. The summed E-state index contributed by atoms with van der Waals surface area (Å²) >= 11 is 0. The summed E-state index contributed by atoms with van der Waals surface area (Å²) in [5.74, 6) is -0.982. The maximum atomic E-state index is 12.9. The van der Waals surface area contributed by atoms with E-state index in [1.165, 1.54) is 21.9 Å². The maximum absolute atomic E-state index is 12.9. The zero-order valence-electron chi connectivity index (χ0n) is 19.3. The first-order chi connectivity index (χ1) is 17.3. The monoisotopic (exact) mass is 526 g/mol. The Balaban J connectivity index is 1.37. The van der Waals surface area contributed by atoms with Gasteiger partial charge in [-0.05, 0) is 49.4 Å². The molecule has 1 aliphatic heterocycles. The first kappa shape index (κ1) is 26.2. The average Bonchev–Trinajstić information content (AvgIpc) is 3.31. The van der Waals surface area contributed by atoms with Crippen LogP contribution in [0.1, 0.15) is 34.2 Å². The van der Waals surface area contributed by atoms with Crippen LogP contribution in [0.3, 0.4) is 0 Å². The third-order valence-electron chi connectivity index (χ3n) is 5.91. The van der Waals surface area contributed by atoms with Gasteiger partial charge in [0.25, 0.3) is 11.8 Å². The number of halogens is 6. The summed E-state index contributed by atoms with van der Waals surface area (Å²) in [6, 6.07) is 7.87. The first-order valence-electron chi connectivity index (χ1n) is 11.1. The lowest BCUT2D eigenvalue weighted by molar-refractivity contribution is -0.138. The Bertz CT molecular complexity index is 1290. The number of alkyl halides is 6. The van der Waals surface area contributed by atoms with Gasteiger partial charge in [0.2, 0.25) is 5.91 Å². The predicted octanol–water partition coefficient (Wildman–Crippen LogP) is 4.69. The molecule has 1 saturated heterocycles. The van der Waals surface area contributed by atoms with Gasteiger partial charge in [-0.15, -0.1) is 0 Å². The van der Waals surface area contributed by atoms with Crippen LogP contribution in [0.25, 0.3) is 11.5 Å². The molecule has 2 amide bonds. The minimum absolute atomic E-state index is 0.00618. The Morgan fingerprint density at radius 1 is 0.973 bits per heavy atom. The molecule has 0 spiro atoms. The van der Waals surface area contributed by atoms with Crippen molar-refractivity contribution in [2.75, 3.05) is 19.6 Å². The van der Waals surface area contributed by atoms with Gasteiger partial charge in [-0.25, -0.2) is 0 Å². The zero-order valence-corrected chi connectivity index (χ0v) is 19.3. The standard InChI is InChI=1S/C24H20F6N4O3/c1-14-13-33(9-10-34(14)22(36)15-5-7-17(8-6-15)23(25,26)27)20(35)12-19-31-21(37-32-19)16-3-2-4-18(11-16)24(28,29)30/h2-8,11,14H,9-10,12-13H2,1H3. The van der Waals surface area contributed by atoms with Crippen LogP contribution >= 0.6 is 0 Å². The molecule has 7 nitrogen and oxygen atoms in total. The number of hydrogen-bond acceptors (Lipinski definition) is 5. The van der Waals surface area contributed by atoms with Crippen molar-refractivity contribution in [1.82, 2.24) is 19.9 Å². The Morgan fingerprint density at radius 3 is 2.27 bits per heavy atom. The summed E-state index contributed by atoms with van der Waals surface area (Å²) in [6.45, 7) is 2.22. The number of hydrogen-bond donors (Lipinski definition) is 0. The van der Waals surface area contributed by atoms with Crippen molar-refractivity contribution < 1.29 is 40.5 Å². The second-order valence-electron chi connectivity index (χ2n) is 8.53. The molecule has 0 N–H and O–H groups in total. The van der Waals surface area contributed by atoms with Gasteiger partial charge in [0.15, 0.2) is 5.82 Å². The number of rotatable bonds is 4. The van der Waals surface area contributed by atoms with Crippen molar-refractivity contribution in [2.45, 2.75) is 31.7 Å². The molecule has 3 aromatic rings. The van der Waals surface area contributed by atoms with Crippen molar-refractivity contribution in [3.8, 4) is 11.5 Å². The quantitative estimate of drug-likeness (QED) is 0.461. The summed E-state index contributed by atoms with van der Waals surface area (Å²) in [5.41, 5.74) is -1.57. The minimum Gasteiger partial charge on any atom is -0.338 e. The third kappa shape index (κ3) is 5.92. The topological polar surface area (TPSA) is 79.5 Å². The Hall–Kier alpha value is -3.90. The smallest absolute Gasteiger partial charge is 0.338 e. The summed E-state index contributed by atoms with van der Waals surface area (Å²) in [6.07, 6.45) is -9.31. The summed E-state index contributed by atoms with van der Waals surface area (Å²) < 4.78 is 82.2. The van der Waals surface area contributed by atoms with Crippen LogP contribution in [-0.2, 0) is 23.6 Å². The molecular weight excluding hydrogens is 506 g/mol. The minimum atomic E-state index is -4.54. The van der Waals surface area contributed by atoms with E-state index in [0.29, 0.717) is 0 Å². The fourth-order valence-corrected chi connectivity index (χ4v) is 3.97. The van der Waals surface area contributed by atoms with E-state index in [0.717, 1.165) is 36.4 Å². The number of aromatic nitrogens is 2. The molecule has 0 radical (unpaired) electrons. The molecule has 0 saturated carbocycles. The molecule has 0 bridgehead atoms. The largest absolute Gasteiger partial charge is 0.416 e. The Morgan fingerprint density at radius 2 is 1.65 bits per heavy atom. The van der Waals surface area contributed by atoms with E-state index < -0.39 is 35.4 Å². The predicted molar refractivity (Wildman–Crippen MR) is 117 cm³/mol. The van der Waals surface area contributed by atoms with Gasteiger partial charge in [-0.3, -0.25) is 9.59 Å².